The molecule has 1 aromatic heterocycles. The van der Waals surface area contributed by atoms with Crippen LogP contribution in [0.4, 0.5) is 0 Å². The van der Waals surface area contributed by atoms with Crippen LogP contribution in [0.5, 0.6) is 0 Å². The zero-order valence-electron chi connectivity index (χ0n) is 9.59. The summed E-state index contributed by atoms with van der Waals surface area (Å²) in [6.45, 7) is 2.71. The lowest BCUT2D eigenvalue weighted by Crippen LogP contribution is -2.34. The normalized spacial score (nSPS) is 19.4. The maximum atomic E-state index is 12.1. The van der Waals surface area contributed by atoms with E-state index in [1.54, 1.807) is 17.0 Å². The number of pyridine rings is 1. The van der Waals surface area contributed by atoms with E-state index in [9.17, 15) is 9.59 Å². The highest BCUT2D eigenvalue weighted by Crippen LogP contribution is 2.18. The maximum absolute atomic E-state index is 12.1. The first-order valence-corrected chi connectivity index (χ1v) is 5.61. The first-order chi connectivity index (χ1) is 8.09. The van der Waals surface area contributed by atoms with Gasteiger partial charge in [-0.3, -0.25) is 4.79 Å². The van der Waals surface area contributed by atoms with Crippen molar-refractivity contribution in [1.29, 1.82) is 0 Å². The number of carbonyl (C=O) groups is 2. The van der Waals surface area contributed by atoms with E-state index in [2.05, 4.69) is 4.98 Å². The Bertz CT molecular complexity index is 459. The second-order valence-corrected chi connectivity index (χ2v) is 4.20. The van der Waals surface area contributed by atoms with Crippen molar-refractivity contribution in [3.8, 4) is 0 Å². The Balaban J connectivity index is 2.24. The summed E-state index contributed by atoms with van der Waals surface area (Å²) in [5, 5.41) is 8.82. The smallest absolute Gasteiger partial charge is 0.354 e. The molecule has 0 bridgehead atoms. The zero-order valence-corrected chi connectivity index (χ0v) is 9.59. The number of hydrogen-bond acceptors (Lipinski definition) is 3. The van der Waals surface area contributed by atoms with E-state index in [1.807, 2.05) is 6.92 Å². The average Bonchev–Trinajstić information content (AvgIpc) is 2.74. The molecule has 17 heavy (non-hydrogen) atoms. The van der Waals surface area contributed by atoms with E-state index in [-0.39, 0.29) is 23.3 Å². The molecule has 0 spiro atoms. The molecule has 2 heterocycles. The molecule has 1 aliphatic heterocycles. The Kier molecular flexibility index (Phi) is 3.08. The first-order valence-electron chi connectivity index (χ1n) is 5.61. The summed E-state index contributed by atoms with van der Waals surface area (Å²) in [5.74, 6) is -1.30. The Morgan fingerprint density at radius 1 is 1.41 bits per heavy atom. The lowest BCUT2D eigenvalue weighted by atomic mass is 10.2. The van der Waals surface area contributed by atoms with Gasteiger partial charge in [0.1, 0.15) is 11.4 Å². The van der Waals surface area contributed by atoms with E-state index < -0.39 is 5.97 Å². The van der Waals surface area contributed by atoms with Gasteiger partial charge in [0, 0.05) is 12.6 Å². The van der Waals surface area contributed by atoms with Crippen LogP contribution in [0.2, 0.25) is 0 Å². The van der Waals surface area contributed by atoms with E-state index >= 15 is 0 Å². The van der Waals surface area contributed by atoms with E-state index in [0.717, 1.165) is 19.4 Å². The third-order valence-electron chi connectivity index (χ3n) is 3.00. The predicted molar refractivity (Wildman–Crippen MR) is 60.9 cm³/mol. The Hall–Kier alpha value is -1.91. The number of rotatable bonds is 2. The van der Waals surface area contributed by atoms with E-state index in [4.69, 9.17) is 5.11 Å². The fraction of sp³-hybridized carbons (Fsp3) is 0.417. The maximum Gasteiger partial charge on any atom is 0.354 e. The molecule has 5 nitrogen and oxygen atoms in total. The summed E-state index contributed by atoms with van der Waals surface area (Å²) in [5.41, 5.74) is 0.112. The van der Waals surface area contributed by atoms with Gasteiger partial charge in [0.05, 0.1) is 0 Å². The van der Waals surface area contributed by atoms with Crippen LogP contribution >= 0.6 is 0 Å². The van der Waals surface area contributed by atoms with Crippen molar-refractivity contribution in [1.82, 2.24) is 9.88 Å². The molecule has 5 heteroatoms. The molecule has 0 radical (unpaired) electrons. The number of carbonyl (C=O) groups excluding carboxylic acids is 1. The minimum Gasteiger partial charge on any atom is -0.477 e. The van der Waals surface area contributed by atoms with E-state index in [1.165, 1.54) is 6.07 Å². The van der Waals surface area contributed by atoms with Crippen LogP contribution < -0.4 is 0 Å². The molecular weight excluding hydrogens is 220 g/mol. The molecule has 1 aliphatic rings. The van der Waals surface area contributed by atoms with Crippen LogP contribution in [-0.4, -0.2) is 39.5 Å². The highest BCUT2D eigenvalue weighted by atomic mass is 16.4. The number of aromatic carboxylic acids is 1. The van der Waals surface area contributed by atoms with Gasteiger partial charge in [0.25, 0.3) is 5.91 Å². The molecule has 0 aromatic carbocycles. The van der Waals surface area contributed by atoms with Crippen molar-refractivity contribution in [2.75, 3.05) is 6.54 Å². The SMILES string of the molecule is CC1CCCN1C(=O)c1cccc(C(=O)O)n1. The summed E-state index contributed by atoms with van der Waals surface area (Å²) in [4.78, 5) is 28.5. The second-order valence-electron chi connectivity index (χ2n) is 4.20. The third-order valence-corrected chi connectivity index (χ3v) is 3.00. The standard InChI is InChI=1S/C12H14N2O3/c1-8-4-3-7-14(8)11(15)9-5-2-6-10(13-9)12(16)17/h2,5-6,8H,3-4,7H2,1H3,(H,16,17). The molecule has 1 saturated heterocycles. The van der Waals surface area contributed by atoms with Gasteiger partial charge in [-0.05, 0) is 31.9 Å². The molecule has 1 amide bonds. The number of amides is 1. The van der Waals surface area contributed by atoms with Crippen LogP contribution in [0.25, 0.3) is 0 Å². The molecule has 1 N–H and O–H groups in total. The predicted octanol–water partition coefficient (Wildman–Crippen LogP) is 1.40. The van der Waals surface area contributed by atoms with Gasteiger partial charge in [0.15, 0.2) is 0 Å². The van der Waals surface area contributed by atoms with Crippen molar-refractivity contribution in [2.45, 2.75) is 25.8 Å². The monoisotopic (exact) mass is 234 g/mol. The Labute approximate surface area is 99.1 Å². The second kappa shape index (κ2) is 4.53. The lowest BCUT2D eigenvalue weighted by molar-refractivity contribution is 0.0689. The highest BCUT2D eigenvalue weighted by Gasteiger charge is 2.27. The summed E-state index contributed by atoms with van der Waals surface area (Å²) < 4.78 is 0. The molecule has 1 unspecified atom stereocenters. The van der Waals surface area contributed by atoms with Crippen molar-refractivity contribution >= 4 is 11.9 Å². The van der Waals surface area contributed by atoms with Gasteiger partial charge in [-0.25, -0.2) is 9.78 Å². The minimum absolute atomic E-state index is 0.0947. The number of likely N-dealkylation sites (tertiary alicyclic amines) is 1. The fourth-order valence-corrected chi connectivity index (χ4v) is 2.06. The first kappa shape index (κ1) is 11.6. The van der Waals surface area contributed by atoms with Gasteiger partial charge in [-0.1, -0.05) is 6.07 Å². The van der Waals surface area contributed by atoms with Crippen LogP contribution in [-0.2, 0) is 0 Å². The summed E-state index contributed by atoms with van der Waals surface area (Å²) in [6, 6.07) is 4.69. The largest absolute Gasteiger partial charge is 0.477 e. The van der Waals surface area contributed by atoms with Crippen molar-refractivity contribution in [3.63, 3.8) is 0 Å². The summed E-state index contributed by atoms with van der Waals surface area (Å²) in [6.07, 6.45) is 1.98. The van der Waals surface area contributed by atoms with Crippen LogP contribution in [0, 0.1) is 0 Å². The highest BCUT2D eigenvalue weighted by molar-refractivity contribution is 5.94. The summed E-state index contributed by atoms with van der Waals surface area (Å²) >= 11 is 0. The lowest BCUT2D eigenvalue weighted by Gasteiger charge is -2.20. The molecule has 1 atom stereocenters. The number of aromatic nitrogens is 1. The Morgan fingerprint density at radius 2 is 2.12 bits per heavy atom. The van der Waals surface area contributed by atoms with Crippen molar-refractivity contribution < 1.29 is 14.7 Å². The molecule has 1 aromatic rings. The minimum atomic E-state index is -1.12. The molecular formula is C12H14N2O3. The topological polar surface area (TPSA) is 70.5 Å². The quantitative estimate of drug-likeness (QED) is 0.839. The van der Waals surface area contributed by atoms with Gasteiger partial charge < -0.3 is 10.0 Å². The molecule has 1 fully saturated rings. The Morgan fingerprint density at radius 3 is 2.71 bits per heavy atom. The average molecular weight is 234 g/mol. The van der Waals surface area contributed by atoms with Crippen LogP contribution in [0.15, 0.2) is 18.2 Å². The number of hydrogen-bond donors (Lipinski definition) is 1. The molecule has 90 valence electrons. The van der Waals surface area contributed by atoms with Gasteiger partial charge >= 0.3 is 5.97 Å². The number of carboxylic acid groups (broad SMARTS) is 1. The van der Waals surface area contributed by atoms with Crippen LogP contribution in [0.1, 0.15) is 40.7 Å². The third kappa shape index (κ3) is 2.27. The summed E-state index contributed by atoms with van der Waals surface area (Å²) in [7, 11) is 0. The van der Waals surface area contributed by atoms with Gasteiger partial charge in [-0.15, -0.1) is 0 Å². The van der Waals surface area contributed by atoms with Crippen LogP contribution in [0.3, 0.4) is 0 Å². The van der Waals surface area contributed by atoms with E-state index in [0.29, 0.717) is 0 Å². The zero-order chi connectivity index (χ0) is 12.4. The van der Waals surface area contributed by atoms with Gasteiger partial charge in [-0.2, -0.15) is 0 Å². The van der Waals surface area contributed by atoms with Crippen molar-refractivity contribution in [3.05, 3.63) is 29.6 Å². The number of carboxylic acids is 1. The molecule has 2 rings (SSSR count). The van der Waals surface area contributed by atoms with Gasteiger partial charge in [0.2, 0.25) is 0 Å². The van der Waals surface area contributed by atoms with Crippen molar-refractivity contribution in [2.24, 2.45) is 0 Å². The molecule has 0 saturated carbocycles. The molecule has 0 aliphatic carbocycles. The fourth-order valence-electron chi connectivity index (χ4n) is 2.06. The number of nitrogens with zero attached hydrogens (tertiary/aromatic N) is 2.